The maximum atomic E-state index is 11.4. The van der Waals surface area contributed by atoms with E-state index < -0.39 is 30.3 Å². The normalized spacial score (nSPS) is 28.3. The number of aromatic hydroxyl groups is 3. The van der Waals surface area contributed by atoms with Crippen molar-refractivity contribution in [3.05, 3.63) is 52.1 Å². The van der Waals surface area contributed by atoms with Crippen molar-refractivity contribution < 1.29 is 35.0 Å². The van der Waals surface area contributed by atoms with Crippen molar-refractivity contribution in [1.29, 1.82) is 0 Å². The molecule has 2 aliphatic carbocycles. The van der Waals surface area contributed by atoms with Crippen LogP contribution < -0.4 is 4.74 Å². The van der Waals surface area contributed by atoms with Gasteiger partial charge in [-0.15, -0.1) is 0 Å². The number of fused-ring (bicyclic) bond motifs is 4. The van der Waals surface area contributed by atoms with Crippen molar-refractivity contribution >= 4 is 6.08 Å². The van der Waals surface area contributed by atoms with Crippen molar-refractivity contribution in [3.63, 3.8) is 0 Å². The third-order valence-electron chi connectivity index (χ3n) is 8.69. The maximum Gasteiger partial charge on any atom is 0.201 e. The Morgan fingerprint density at radius 2 is 1.89 bits per heavy atom. The first-order valence-corrected chi connectivity index (χ1v) is 13.5. The van der Waals surface area contributed by atoms with Gasteiger partial charge in [-0.3, -0.25) is 0 Å². The highest BCUT2D eigenvalue weighted by atomic mass is 16.5. The van der Waals surface area contributed by atoms with Crippen LogP contribution in [-0.2, 0) is 17.8 Å². The summed E-state index contributed by atoms with van der Waals surface area (Å²) in [5.41, 5.74) is 3.48. The number of methoxy groups -OCH3 is 1. The van der Waals surface area contributed by atoms with E-state index in [1.54, 1.807) is 12.1 Å². The van der Waals surface area contributed by atoms with E-state index in [0.717, 1.165) is 50.5 Å². The average molecular weight is 511 g/mol. The predicted molar refractivity (Wildman–Crippen MR) is 140 cm³/mol. The highest BCUT2D eigenvalue weighted by Crippen LogP contribution is 2.55. The van der Waals surface area contributed by atoms with Gasteiger partial charge in [0.15, 0.2) is 11.5 Å². The van der Waals surface area contributed by atoms with Crippen molar-refractivity contribution in [2.24, 2.45) is 11.8 Å². The van der Waals surface area contributed by atoms with E-state index in [4.69, 9.17) is 9.47 Å². The van der Waals surface area contributed by atoms with Crippen molar-refractivity contribution in [1.82, 2.24) is 0 Å². The van der Waals surface area contributed by atoms with E-state index >= 15 is 0 Å². The second-order valence-electron chi connectivity index (χ2n) is 10.7. The fourth-order valence-electron chi connectivity index (χ4n) is 6.70. The first-order valence-electron chi connectivity index (χ1n) is 13.5. The summed E-state index contributed by atoms with van der Waals surface area (Å²) in [5.74, 6) is -0.469. The summed E-state index contributed by atoms with van der Waals surface area (Å²) in [4.78, 5) is 0. The van der Waals surface area contributed by atoms with E-state index in [2.05, 4.69) is 13.0 Å². The number of ether oxygens (including phenoxy) is 2. The fraction of sp³-hybridized carbons (Fsp3) is 0.533. The molecular weight excluding hydrogens is 472 g/mol. The quantitative estimate of drug-likeness (QED) is 0.261. The minimum Gasteiger partial charge on any atom is -0.508 e. The molecule has 0 radical (unpaired) electrons. The van der Waals surface area contributed by atoms with E-state index in [9.17, 15) is 25.5 Å². The minimum absolute atomic E-state index is 0.0185. The molecule has 2 aromatic rings. The van der Waals surface area contributed by atoms with Crippen molar-refractivity contribution in [2.75, 3.05) is 7.11 Å². The Morgan fingerprint density at radius 1 is 1.08 bits per heavy atom. The maximum absolute atomic E-state index is 11.4. The van der Waals surface area contributed by atoms with Gasteiger partial charge in [0.1, 0.15) is 5.75 Å². The zero-order chi connectivity index (χ0) is 26.3. The Labute approximate surface area is 218 Å². The van der Waals surface area contributed by atoms with Crippen LogP contribution in [0.15, 0.2) is 24.3 Å². The summed E-state index contributed by atoms with van der Waals surface area (Å²) in [6.45, 7) is 1.69. The highest BCUT2D eigenvalue weighted by Gasteiger charge is 2.49. The van der Waals surface area contributed by atoms with Crippen LogP contribution in [0.3, 0.4) is 0 Å². The Hall–Kier alpha value is -2.74. The molecule has 1 saturated heterocycles. The van der Waals surface area contributed by atoms with Gasteiger partial charge in [-0.2, -0.15) is 0 Å². The second kappa shape index (κ2) is 10.6. The van der Waals surface area contributed by atoms with Crippen LogP contribution in [0, 0.1) is 11.8 Å². The predicted octanol–water partition coefficient (Wildman–Crippen LogP) is 5.06. The van der Waals surface area contributed by atoms with E-state index in [1.807, 2.05) is 12.1 Å². The molecule has 2 aromatic carbocycles. The topological polar surface area (TPSA) is 120 Å². The van der Waals surface area contributed by atoms with Gasteiger partial charge in [-0.05, 0) is 55.2 Å². The number of aryl methyl sites for hydroxylation is 1. The van der Waals surface area contributed by atoms with Crippen LogP contribution in [0.5, 0.6) is 23.0 Å². The van der Waals surface area contributed by atoms with Gasteiger partial charge >= 0.3 is 0 Å². The summed E-state index contributed by atoms with van der Waals surface area (Å²) in [5, 5.41) is 53.0. The molecule has 200 valence electrons. The molecule has 2 fully saturated rings. The van der Waals surface area contributed by atoms with Crippen LogP contribution in [-0.4, -0.2) is 44.9 Å². The zero-order valence-corrected chi connectivity index (χ0v) is 21.6. The lowest BCUT2D eigenvalue weighted by Crippen LogP contribution is -2.50. The molecule has 0 aromatic heterocycles. The molecule has 5 N–H and O–H groups in total. The molecule has 1 aliphatic heterocycles. The first-order chi connectivity index (χ1) is 17.9. The molecule has 6 atom stereocenters. The lowest BCUT2D eigenvalue weighted by atomic mass is 9.67. The van der Waals surface area contributed by atoms with Gasteiger partial charge in [0, 0.05) is 28.5 Å². The van der Waals surface area contributed by atoms with Gasteiger partial charge < -0.3 is 35.0 Å². The number of phenolic OH excluding ortho intramolecular Hbond substituents is 2. The van der Waals surface area contributed by atoms with Crippen LogP contribution in [0.1, 0.15) is 85.3 Å². The molecule has 1 saturated carbocycles. The average Bonchev–Trinajstić information content (AvgIpc) is 2.90. The Kier molecular flexibility index (Phi) is 7.39. The molecule has 1 heterocycles. The number of benzene rings is 2. The monoisotopic (exact) mass is 510 g/mol. The second-order valence-corrected chi connectivity index (χ2v) is 10.7. The summed E-state index contributed by atoms with van der Waals surface area (Å²) < 4.78 is 12.1. The Balaban J connectivity index is 1.44. The number of hydrogen-bond donors (Lipinski definition) is 5. The number of hydrogen-bond acceptors (Lipinski definition) is 7. The van der Waals surface area contributed by atoms with Crippen molar-refractivity contribution in [2.45, 2.75) is 82.7 Å². The first kappa shape index (κ1) is 25.9. The van der Waals surface area contributed by atoms with Crippen LogP contribution in [0.25, 0.3) is 6.08 Å². The molecule has 5 rings (SSSR count). The van der Waals surface area contributed by atoms with Crippen LogP contribution in [0.2, 0.25) is 0 Å². The van der Waals surface area contributed by atoms with E-state index in [-0.39, 0.29) is 35.2 Å². The lowest BCUT2D eigenvalue weighted by molar-refractivity contribution is -0.178. The van der Waals surface area contributed by atoms with Crippen LogP contribution >= 0.6 is 0 Å². The molecule has 7 heteroatoms. The van der Waals surface area contributed by atoms with Gasteiger partial charge in [-0.25, -0.2) is 0 Å². The van der Waals surface area contributed by atoms with Gasteiger partial charge in [0.05, 0.1) is 32.0 Å². The smallest absolute Gasteiger partial charge is 0.201 e. The summed E-state index contributed by atoms with van der Waals surface area (Å²) in [7, 11) is 1.42. The number of aliphatic hydroxyl groups is 2. The van der Waals surface area contributed by atoms with E-state index in [0.29, 0.717) is 16.9 Å². The number of aliphatic hydroxyl groups excluding tert-OH is 2. The fourth-order valence-corrected chi connectivity index (χ4v) is 6.70. The molecule has 0 bridgehead atoms. The van der Waals surface area contributed by atoms with Crippen molar-refractivity contribution in [3.8, 4) is 23.0 Å². The minimum atomic E-state index is -0.632. The van der Waals surface area contributed by atoms with Gasteiger partial charge in [0.2, 0.25) is 5.75 Å². The third-order valence-corrected chi connectivity index (χ3v) is 8.69. The van der Waals surface area contributed by atoms with Gasteiger partial charge in [-0.1, -0.05) is 44.1 Å². The highest BCUT2D eigenvalue weighted by molar-refractivity contribution is 5.74. The molecular formula is C30H38O7. The van der Waals surface area contributed by atoms with Crippen LogP contribution in [0.4, 0.5) is 0 Å². The Bertz CT molecular complexity index is 1170. The standard InChI is InChI=1S/C30H38O7/c1-3-4-5-6-18-13-16(8-12-23(18)32)17-7-9-19-24(14-17)37-29-21(26(19)33)11-10-20-25(29)22(15-31)27(34)28(35)30(20)36-2/h8,10-13,17,19,21,24,26,29,31-35H,3-7,9,14-15H2,1-2H3. The number of phenols is 3. The Morgan fingerprint density at radius 3 is 2.62 bits per heavy atom. The number of unbranched alkanes of at least 4 members (excludes halogenated alkanes) is 2. The summed E-state index contributed by atoms with van der Waals surface area (Å²) in [6.07, 6.45) is 8.91. The van der Waals surface area contributed by atoms with E-state index in [1.165, 1.54) is 12.7 Å². The lowest BCUT2D eigenvalue weighted by Gasteiger charge is -2.49. The summed E-state index contributed by atoms with van der Waals surface area (Å²) >= 11 is 0. The molecule has 3 aliphatic rings. The van der Waals surface area contributed by atoms with Gasteiger partial charge in [0.25, 0.3) is 0 Å². The molecule has 7 nitrogen and oxygen atoms in total. The zero-order valence-electron chi connectivity index (χ0n) is 21.6. The molecule has 37 heavy (non-hydrogen) atoms. The summed E-state index contributed by atoms with van der Waals surface area (Å²) in [6, 6.07) is 5.93. The molecule has 6 unspecified atom stereocenters. The molecule has 0 amide bonds. The number of rotatable bonds is 7. The molecule has 0 spiro atoms. The third kappa shape index (κ3) is 4.47. The SMILES string of the molecule is CCCCCc1cc(C2CCC3C(C2)OC2c4c(c(OC)c(O)c(O)c4CO)C=CC2C3O)ccc1O. The largest absolute Gasteiger partial charge is 0.508 e.